The number of nitrogens with zero attached hydrogens (tertiary/aromatic N) is 1. The van der Waals surface area contributed by atoms with Crippen molar-refractivity contribution in [2.75, 3.05) is 0 Å². The molecule has 0 N–H and O–H groups in total. The van der Waals surface area contributed by atoms with Crippen molar-refractivity contribution in [2.24, 2.45) is 0 Å². The van der Waals surface area contributed by atoms with E-state index in [9.17, 15) is 4.79 Å². The van der Waals surface area contributed by atoms with Gasteiger partial charge in [-0.05, 0) is 26.0 Å². The Morgan fingerprint density at radius 1 is 1.26 bits per heavy atom. The molecule has 0 spiro atoms. The number of aldehydes is 1. The number of carbonyl (C=O) groups is 1. The van der Waals surface area contributed by atoms with Crippen LogP contribution in [0.25, 0.3) is 0 Å². The molecule has 0 aliphatic rings. The first-order chi connectivity index (χ1) is 7.47. The van der Waals surface area contributed by atoms with Gasteiger partial charge >= 0.3 is 58.5 Å². The van der Waals surface area contributed by atoms with Gasteiger partial charge in [0.05, 0.1) is 11.7 Å². The molecule has 100 valence electrons. The molecule has 3 nitrogen and oxygen atoms in total. The van der Waals surface area contributed by atoms with E-state index in [4.69, 9.17) is 4.74 Å². The SMILES string of the molecule is CC(C)Oc1ncccc1C=O.C[CH](C)[Mg+].[Cl-].[Cl-].[Li+]. The molecule has 0 aliphatic heterocycles. The van der Waals surface area contributed by atoms with Gasteiger partial charge in [-0.2, -0.15) is 0 Å². The zero-order chi connectivity index (χ0) is 12.6. The Balaban J connectivity index is -0.000000144. The van der Waals surface area contributed by atoms with Crippen LogP contribution in [0.2, 0.25) is 4.05 Å². The van der Waals surface area contributed by atoms with Gasteiger partial charge in [-0.25, -0.2) is 4.98 Å². The summed E-state index contributed by atoms with van der Waals surface area (Å²) in [5.41, 5.74) is 0.492. The third-order valence-corrected chi connectivity index (χ3v) is 1.27. The van der Waals surface area contributed by atoms with Gasteiger partial charge in [-0.3, -0.25) is 4.79 Å². The summed E-state index contributed by atoms with van der Waals surface area (Å²) in [6, 6.07) is 3.38. The fourth-order valence-electron chi connectivity index (χ4n) is 0.815. The topological polar surface area (TPSA) is 39.2 Å². The molecule has 0 atom stereocenters. The Hall–Kier alpha value is 0.564. The van der Waals surface area contributed by atoms with Crippen molar-refractivity contribution in [1.29, 1.82) is 0 Å². The molecule has 1 aromatic rings. The maximum atomic E-state index is 10.5. The Morgan fingerprint density at radius 2 is 1.74 bits per heavy atom. The zero-order valence-corrected chi connectivity index (χ0v) is 15.1. The monoisotopic (exact) mass is 309 g/mol. The van der Waals surface area contributed by atoms with Gasteiger partial charge in [0.25, 0.3) is 0 Å². The van der Waals surface area contributed by atoms with Crippen molar-refractivity contribution in [2.45, 2.75) is 37.8 Å². The number of rotatable bonds is 3. The van der Waals surface area contributed by atoms with E-state index in [0.29, 0.717) is 11.4 Å². The minimum atomic E-state index is 0. The van der Waals surface area contributed by atoms with E-state index in [2.05, 4.69) is 18.8 Å². The second-order valence-corrected chi connectivity index (χ2v) is 5.71. The van der Waals surface area contributed by atoms with Crippen molar-refractivity contribution >= 4 is 28.0 Å². The summed E-state index contributed by atoms with van der Waals surface area (Å²) < 4.78 is 6.15. The van der Waals surface area contributed by atoms with E-state index in [-0.39, 0.29) is 49.8 Å². The molecule has 1 heterocycles. The summed E-state index contributed by atoms with van der Waals surface area (Å²) in [5, 5.41) is 0. The smallest absolute Gasteiger partial charge is 1.00 e. The maximum absolute atomic E-state index is 10.5. The molecule has 0 unspecified atom stereocenters. The molecule has 0 saturated heterocycles. The number of pyridine rings is 1. The van der Waals surface area contributed by atoms with Crippen molar-refractivity contribution < 1.29 is 53.2 Å². The van der Waals surface area contributed by atoms with Gasteiger partial charge in [0.1, 0.15) is 0 Å². The molecular formula is C12H18Cl2LiMgNO2. The van der Waals surface area contributed by atoms with E-state index < -0.39 is 0 Å². The van der Waals surface area contributed by atoms with Gasteiger partial charge in [0, 0.05) is 6.20 Å². The Bertz CT molecular complexity index is 326. The summed E-state index contributed by atoms with van der Waals surface area (Å²) in [4.78, 5) is 14.4. The second kappa shape index (κ2) is 16.6. The predicted molar refractivity (Wildman–Crippen MR) is 66.2 cm³/mol. The molecule has 0 aromatic carbocycles. The summed E-state index contributed by atoms with van der Waals surface area (Å²) in [7, 11) is 0. The van der Waals surface area contributed by atoms with Crippen LogP contribution in [0.5, 0.6) is 5.88 Å². The molecule has 0 bridgehead atoms. The predicted octanol–water partition coefficient (Wildman–Crippen LogP) is -6.32. The minimum Gasteiger partial charge on any atom is -1.00 e. The zero-order valence-electron chi connectivity index (χ0n) is 12.2. The van der Waals surface area contributed by atoms with Crippen LogP contribution in [0.3, 0.4) is 0 Å². The molecular weight excluding hydrogens is 292 g/mol. The van der Waals surface area contributed by atoms with E-state index in [1.807, 2.05) is 35.6 Å². The average molecular weight is 310 g/mol. The summed E-state index contributed by atoms with van der Waals surface area (Å²) in [5.74, 6) is 0.405. The van der Waals surface area contributed by atoms with Crippen molar-refractivity contribution in [3.63, 3.8) is 0 Å². The van der Waals surface area contributed by atoms with Crippen LogP contribution in [0.4, 0.5) is 0 Å². The first-order valence-corrected chi connectivity index (χ1v) is 6.19. The summed E-state index contributed by atoms with van der Waals surface area (Å²) in [6.45, 7) is 8.14. The van der Waals surface area contributed by atoms with Crippen molar-refractivity contribution in [3.05, 3.63) is 23.9 Å². The minimum absolute atomic E-state index is 0. The third kappa shape index (κ3) is 16.5. The van der Waals surface area contributed by atoms with Gasteiger partial charge in [-0.15, -0.1) is 0 Å². The fourth-order valence-corrected chi connectivity index (χ4v) is 0.815. The van der Waals surface area contributed by atoms with Crippen LogP contribution < -0.4 is 48.4 Å². The van der Waals surface area contributed by atoms with Crippen molar-refractivity contribution in [3.8, 4) is 5.88 Å². The molecule has 19 heavy (non-hydrogen) atoms. The molecule has 1 rings (SSSR count). The van der Waals surface area contributed by atoms with Crippen LogP contribution in [0, 0.1) is 0 Å². The number of aromatic nitrogens is 1. The normalized spacial score (nSPS) is 8.21. The summed E-state index contributed by atoms with van der Waals surface area (Å²) in [6.07, 6.45) is 2.38. The van der Waals surface area contributed by atoms with Gasteiger partial charge in [0.2, 0.25) is 5.88 Å². The molecule has 0 saturated carbocycles. The van der Waals surface area contributed by atoms with Crippen LogP contribution >= 0.6 is 0 Å². The Kier molecular flexibility index (Phi) is 24.3. The standard InChI is InChI=1S/C9H11NO2.C3H7.2ClH.Li.Mg/c1-7(2)12-9-8(6-11)4-3-5-10-9;1-3-2;;;;/h3-7H,1-2H3;3H,1-2H3;2*1H;;/q;;;;2*+1/p-2. The number of hydrogen-bond acceptors (Lipinski definition) is 3. The molecule has 0 radical (unpaired) electrons. The van der Waals surface area contributed by atoms with Gasteiger partial charge in [-0.1, -0.05) is 0 Å². The number of hydrogen-bond donors (Lipinski definition) is 0. The van der Waals surface area contributed by atoms with Gasteiger partial charge in [0.15, 0.2) is 6.29 Å². The van der Waals surface area contributed by atoms with Crippen LogP contribution in [0.15, 0.2) is 18.3 Å². The maximum Gasteiger partial charge on any atom is 1.00 e. The van der Waals surface area contributed by atoms with E-state index >= 15 is 0 Å². The average Bonchev–Trinajstić information content (AvgIpc) is 2.17. The molecule has 7 heteroatoms. The number of carbonyl (C=O) groups excluding carboxylic acids is 1. The molecule has 0 aliphatic carbocycles. The Morgan fingerprint density at radius 3 is 2.11 bits per heavy atom. The van der Waals surface area contributed by atoms with Crippen LogP contribution in [-0.2, 0) is 0 Å². The number of halogens is 2. The van der Waals surface area contributed by atoms with E-state index in [1.165, 1.54) is 0 Å². The molecule has 0 amide bonds. The first-order valence-electron chi connectivity index (χ1n) is 5.37. The molecule has 1 aromatic heterocycles. The van der Waals surface area contributed by atoms with Gasteiger partial charge < -0.3 is 29.6 Å². The quantitative estimate of drug-likeness (QED) is 0.412. The van der Waals surface area contributed by atoms with Crippen molar-refractivity contribution in [1.82, 2.24) is 4.98 Å². The first kappa shape index (κ1) is 27.8. The van der Waals surface area contributed by atoms with E-state index in [1.54, 1.807) is 18.3 Å². The Labute approximate surface area is 153 Å². The number of ether oxygens (including phenoxy) is 1. The molecule has 0 fully saturated rings. The van der Waals surface area contributed by atoms with Crippen LogP contribution in [-0.4, -0.2) is 39.1 Å². The fraction of sp³-hybridized carbons (Fsp3) is 0.500. The largest absolute Gasteiger partial charge is 1.00 e. The third-order valence-electron chi connectivity index (χ3n) is 1.27. The van der Waals surface area contributed by atoms with E-state index in [0.717, 1.165) is 10.3 Å². The second-order valence-electron chi connectivity index (χ2n) is 4.08. The van der Waals surface area contributed by atoms with Crippen LogP contribution in [0.1, 0.15) is 38.1 Å². The summed E-state index contributed by atoms with van der Waals surface area (Å²) >= 11 is 2.00.